The standard InChI is InChI=1S/C6H14.3C4H8O2/c1-4-5-6(2)3;3*1-3-6-4(2)5/h6H,4-5H2,1-3H3;3*3H2,1-2H3. The van der Waals surface area contributed by atoms with Crippen molar-refractivity contribution in [3.63, 3.8) is 0 Å². The minimum absolute atomic E-state index is 0.211. The van der Waals surface area contributed by atoms with E-state index in [0.717, 1.165) is 5.92 Å². The number of rotatable bonds is 5. The van der Waals surface area contributed by atoms with E-state index in [1.807, 2.05) is 0 Å². The summed E-state index contributed by atoms with van der Waals surface area (Å²) in [5.41, 5.74) is 0. The second-order valence-electron chi connectivity index (χ2n) is 4.96. The highest BCUT2D eigenvalue weighted by Gasteiger charge is 1.85. The summed E-state index contributed by atoms with van der Waals surface area (Å²) >= 11 is 0. The molecule has 0 rings (SSSR count). The third-order valence-electron chi connectivity index (χ3n) is 1.91. The summed E-state index contributed by atoms with van der Waals surface area (Å²) < 4.78 is 13.2. The molecule has 6 heteroatoms. The summed E-state index contributed by atoms with van der Waals surface area (Å²) in [7, 11) is 0. The Morgan fingerprint density at radius 1 is 0.667 bits per heavy atom. The zero-order chi connectivity index (χ0) is 20.0. The quantitative estimate of drug-likeness (QED) is 0.547. The molecule has 0 saturated heterocycles. The van der Waals surface area contributed by atoms with Gasteiger partial charge in [0.15, 0.2) is 0 Å². The molecule has 0 aliphatic rings. The molecule has 0 heterocycles. The first-order valence-corrected chi connectivity index (χ1v) is 8.48. The van der Waals surface area contributed by atoms with E-state index in [1.165, 1.54) is 33.6 Å². The van der Waals surface area contributed by atoms with E-state index in [4.69, 9.17) is 0 Å². The Morgan fingerprint density at radius 3 is 0.917 bits per heavy atom. The van der Waals surface area contributed by atoms with Crippen LogP contribution in [0.4, 0.5) is 0 Å². The fourth-order valence-corrected chi connectivity index (χ4v) is 1.19. The van der Waals surface area contributed by atoms with E-state index in [9.17, 15) is 14.4 Å². The Hall–Kier alpha value is -1.59. The molecule has 0 radical (unpaired) electrons. The summed E-state index contributed by atoms with van der Waals surface area (Å²) in [5, 5.41) is 0. The Kier molecular flexibility index (Phi) is 33.2. The highest BCUT2D eigenvalue weighted by Crippen LogP contribution is 2.00. The SMILES string of the molecule is CCCC(C)C.CCOC(C)=O.CCOC(C)=O.CCOC(C)=O. The van der Waals surface area contributed by atoms with Gasteiger partial charge in [0.2, 0.25) is 0 Å². The Labute approximate surface area is 148 Å². The van der Waals surface area contributed by atoms with Crippen molar-refractivity contribution in [1.82, 2.24) is 0 Å². The van der Waals surface area contributed by atoms with Crippen LogP contribution in [0.15, 0.2) is 0 Å². The number of carbonyl (C=O) groups excluding carboxylic acids is 3. The lowest BCUT2D eigenvalue weighted by atomic mass is 10.1. The molecule has 0 bridgehead atoms. The molecular formula is C18H38O6. The summed E-state index contributed by atoms with van der Waals surface area (Å²) in [5.74, 6) is 0.266. The first kappa shape index (κ1) is 30.3. The van der Waals surface area contributed by atoms with Crippen LogP contribution >= 0.6 is 0 Å². The van der Waals surface area contributed by atoms with Gasteiger partial charge in [0, 0.05) is 20.8 Å². The Balaban J connectivity index is -0.000000111. The van der Waals surface area contributed by atoms with E-state index in [2.05, 4.69) is 35.0 Å². The Bertz CT molecular complexity index is 249. The maximum atomic E-state index is 9.82. The largest absolute Gasteiger partial charge is 0.466 e. The van der Waals surface area contributed by atoms with Crippen molar-refractivity contribution in [2.75, 3.05) is 19.8 Å². The van der Waals surface area contributed by atoms with Gasteiger partial charge in [-0.3, -0.25) is 14.4 Å². The number of esters is 3. The van der Waals surface area contributed by atoms with E-state index < -0.39 is 0 Å². The van der Waals surface area contributed by atoms with Gasteiger partial charge in [0.25, 0.3) is 0 Å². The van der Waals surface area contributed by atoms with Crippen molar-refractivity contribution in [3.05, 3.63) is 0 Å². The number of ether oxygens (including phenoxy) is 3. The smallest absolute Gasteiger partial charge is 0.302 e. The highest BCUT2D eigenvalue weighted by molar-refractivity contribution is 5.66. The van der Waals surface area contributed by atoms with Crippen molar-refractivity contribution in [2.45, 2.75) is 75.2 Å². The van der Waals surface area contributed by atoms with Crippen LogP contribution in [0.25, 0.3) is 0 Å². The van der Waals surface area contributed by atoms with Gasteiger partial charge in [-0.25, -0.2) is 0 Å². The average molecular weight is 350 g/mol. The summed E-state index contributed by atoms with van der Waals surface area (Å²) in [6.45, 7) is 17.7. The molecule has 0 spiro atoms. The van der Waals surface area contributed by atoms with Gasteiger partial charge >= 0.3 is 17.9 Å². The van der Waals surface area contributed by atoms with Gasteiger partial charge in [-0.05, 0) is 26.7 Å². The van der Waals surface area contributed by atoms with Crippen LogP contribution in [0, 0.1) is 5.92 Å². The fourth-order valence-electron chi connectivity index (χ4n) is 1.19. The zero-order valence-corrected chi connectivity index (χ0v) is 17.1. The molecule has 0 fully saturated rings. The molecule has 0 atom stereocenters. The van der Waals surface area contributed by atoms with Gasteiger partial charge in [-0.2, -0.15) is 0 Å². The van der Waals surface area contributed by atoms with Crippen molar-refractivity contribution in [3.8, 4) is 0 Å². The van der Waals surface area contributed by atoms with E-state index in [1.54, 1.807) is 20.8 Å². The van der Waals surface area contributed by atoms with Crippen LogP contribution in [0.1, 0.15) is 75.2 Å². The molecule has 0 aromatic carbocycles. The molecule has 0 aliphatic heterocycles. The lowest BCUT2D eigenvalue weighted by Gasteiger charge is -1.95. The van der Waals surface area contributed by atoms with E-state index in [-0.39, 0.29) is 17.9 Å². The lowest BCUT2D eigenvalue weighted by molar-refractivity contribution is -0.141. The summed E-state index contributed by atoms with van der Waals surface area (Å²) in [6.07, 6.45) is 2.71. The van der Waals surface area contributed by atoms with Crippen molar-refractivity contribution < 1.29 is 28.6 Å². The lowest BCUT2D eigenvalue weighted by Crippen LogP contribution is -1.95. The molecule has 6 nitrogen and oxygen atoms in total. The predicted octanol–water partition coefficient (Wildman–Crippen LogP) is 4.15. The molecule has 0 aliphatic carbocycles. The molecule has 146 valence electrons. The second kappa shape index (κ2) is 26.3. The van der Waals surface area contributed by atoms with Crippen molar-refractivity contribution in [2.24, 2.45) is 5.92 Å². The van der Waals surface area contributed by atoms with Crippen LogP contribution in [0.3, 0.4) is 0 Å². The molecular weight excluding hydrogens is 312 g/mol. The maximum absolute atomic E-state index is 9.82. The normalized spacial score (nSPS) is 8.25. The fraction of sp³-hybridized carbons (Fsp3) is 0.833. The molecule has 0 amide bonds. The Morgan fingerprint density at radius 2 is 0.917 bits per heavy atom. The minimum atomic E-state index is -0.211. The second-order valence-corrected chi connectivity index (χ2v) is 4.96. The number of hydrogen-bond donors (Lipinski definition) is 0. The highest BCUT2D eigenvalue weighted by atomic mass is 16.5. The van der Waals surface area contributed by atoms with Gasteiger partial charge in [0.1, 0.15) is 0 Å². The average Bonchev–Trinajstić information content (AvgIpc) is 2.39. The van der Waals surface area contributed by atoms with Crippen LogP contribution in [-0.2, 0) is 28.6 Å². The third-order valence-corrected chi connectivity index (χ3v) is 1.91. The summed E-state index contributed by atoms with van der Waals surface area (Å²) in [4.78, 5) is 29.5. The van der Waals surface area contributed by atoms with Gasteiger partial charge < -0.3 is 14.2 Å². The molecule has 0 aromatic heterocycles. The maximum Gasteiger partial charge on any atom is 0.302 e. The number of carbonyl (C=O) groups is 3. The van der Waals surface area contributed by atoms with Crippen molar-refractivity contribution in [1.29, 1.82) is 0 Å². The van der Waals surface area contributed by atoms with E-state index in [0.29, 0.717) is 19.8 Å². The number of hydrogen-bond acceptors (Lipinski definition) is 6. The predicted molar refractivity (Wildman–Crippen MR) is 96.7 cm³/mol. The first-order valence-electron chi connectivity index (χ1n) is 8.48. The van der Waals surface area contributed by atoms with Gasteiger partial charge in [-0.15, -0.1) is 0 Å². The van der Waals surface area contributed by atoms with E-state index >= 15 is 0 Å². The minimum Gasteiger partial charge on any atom is -0.466 e. The molecule has 24 heavy (non-hydrogen) atoms. The zero-order valence-electron chi connectivity index (χ0n) is 17.1. The first-order chi connectivity index (χ1) is 11.1. The van der Waals surface area contributed by atoms with Crippen LogP contribution < -0.4 is 0 Å². The summed E-state index contributed by atoms with van der Waals surface area (Å²) in [6, 6.07) is 0. The van der Waals surface area contributed by atoms with Crippen LogP contribution in [0.2, 0.25) is 0 Å². The van der Waals surface area contributed by atoms with Gasteiger partial charge in [-0.1, -0.05) is 33.6 Å². The molecule has 0 saturated carbocycles. The van der Waals surface area contributed by atoms with Crippen molar-refractivity contribution >= 4 is 17.9 Å². The van der Waals surface area contributed by atoms with Gasteiger partial charge in [0.05, 0.1) is 19.8 Å². The molecule has 0 aromatic rings. The van der Waals surface area contributed by atoms with Crippen LogP contribution in [0.5, 0.6) is 0 Å². The third kappa shape index (κ3) is 71.0. The monoisotopic (exact) mass is 350 g/mol. The topological polar surface area (TPSA) is 78.9 Å². The van der Waals surface area contributed by atoms with Crippen LogP contribution in [-0.4, -0.2) is 37.7 Å². The molecule has 0 N–H and O–H groups in total. The molecule has 0 unspecified atom stereocenters.